The molecule has 0 aromatic rings. The van der Waals surface area contributed by atoms with Gasteiger partial charge in [-0.05, 0) is 12.8 Å². The van der Waals surface area contributed by atoms with Crippen molar-refractivity contribution in [2.75, 3.05) is 0 Å². The van der Waals surface area contributed by atoms with Crippen LogP contribution in [-0.4, -0.2) is 6.71 Å². The molecule has 1 heteroatoms. The molecule has 2 rings (SSSR count). The molecule has 2 saturated carbocycles. The molecule has 0 amide bonds. The van der Waals surface area contributed by atoms with Gasteiger partial charge in [0.1, 0.15) is 0 Å². The van der Waals surface area contributed by atoms with E-state index < -0.39 is 0 Å². The quantitative estimate of drug-likeness (QED) is 0.521. The van der Waals surface area contributed by atoms with Crippen molar-refractivity contribution in [3.05, 3.63) is 11.5 Å². The third-order valence-electron chi connectivity index (χ3n) is 5.70. The predicted molar refractivity (Wildman–Crippen MR) is 88.0 cm³/mol. The summed E-state index contributed by atoms with van der Waals surface area (Å²) in [5, 5.41) is 0. The average Bonchev–Trinajstić information content (AvgIpc) is 2.46. The Morgan fingerprint density at radius 3 is 1.58 bits per heavy atom. The fourth-order valence-corrected chi connectivity index (χ4v) is 4.83. The molecule has 0 heterocycles. The largest absolute Gasteiger partial charge is 0.176 e. The summed E-state index contributed by atoms with van der Waals surface area (Å²) in [5.41, 5.74) is 1.79. The van der Waals surface area contributed by atoms with Gasteiger partial charge in [0.05, 0.1) is 0 Å². The summed E-state index contributed by atoms with van der Waals surface area (Å²) in [5.74, 6) is 2.76. The first-order chi connectivity index (χ1) is 9.24. The first kappa shape index (κ1) is 15.2. The molecule has 0 unspecified atom stereocenters. The second-order valence-corrected chi connectivity index (χ2v) is 7.27. The Hall–Kier alpha value is -0.195. The van der Waals surface area contributed by atoms with E-state index in [-0.39, 0.29) is 0 Å². The Bertz CT molecular complexity index is 262. The molecule has 2 aliphatic rings. The van der Waals surface area contributed by atoms with Gasteiger partial charge in [0.2, 0.25) is 0 Å². The van der Waals surface area contributed by atoms with Crippen LogP contribution >= 0.6 is 0 Å². The molecule has 0 spiro atoms. The van der Waals surface area contributed by atoms with Crippen LogP contribution in [0.1, 0.15) is 85.0 Å². The average molecular weight is 260 g/mol. The number of allylic oxidation sites excluding steroid dienone is 2. The van der Waals surface area contributed by atoms with Crippen molar-refractivity contribution < 1.29 is 0 Å². The molecule has 0 radical (unpaired) electrons. The van der Waals surface area contributed by atoms with Crippen molar-refractivity contribution in [3.63, 3.8) is 0 Å². The SMILES string of the molecule is C/C=C(/B(C1CCCCC1)C1CCCCC1)C(C)C. The molecule has 0 nitrogen and oxygen atoms in total. The summed E-state index contributed by atoms with van der Waals surface area (Å²) in [6.45, 7) is 8.03. The maximum absolute atomic E-state index is 2.47. The van der Waals surface area contributed by atoms with Crippen LogP contribution in [0.5, 0.6) is 0 Å². The highest BCUT2D eigenvalue weighted by molar-refractivity contribution is 6.69. The zero-order valence-electron chi connectivity index (χ0n) is 13.5. The summed E-state index contributed by atoms with van der Waals surface area (Å²) in [6, 6.07) is 0. The van der Waals surface area contributed by atoms with Crippen LogP contribution in [0.4, 0.5) is 0 Å². The molecule has 0 aromatic carbocycles. The van der Waals surface area contributed by atoms with E-state index in [9.17, 15) is 0 Å². The van der Waals surface area contributed by atoms with Crippen molar-refractivity contribution in [1.29, 1.82) is 0 Å². The van der Waals surface area contributed by atoms with Gasteiger partial charge in [-0.2, -0.15) is 0 Å². The van der Waals surface area contributed by atoms with Gasteiger partial charge in [-0.15, -0.1) is 5.47 Å². The van der Waals surface area contributed by atoms with Crippen molar-refractivity contribution in [2.45, 2.75) is 96.6 Å². The lowest BCUT2D eigenvalue weighted by Gasteiger charge is -2.38. The Morgan fingerprint density at radius 2 is 1.26 bits per heavy atom. The molecule has 0 aromatic heterocycles. The molecule has 108 valence electrons. The van der Waals surface area contributed by atoms with Crippen LogP contribution < -0.4 is 0 Å². The van der Waals surface area contributed by atoms with Gasteiger partial charge in [0.15, 0.2) is 6.71 Å². The van der Waals surface area contributed by atoms with Crippen LogP contribution in [0, 0.1) is 5.92 Å². The smallest absolute Gasteiger partial charge is 0.102 e. The second-order valence-electron chi connectivity index (χ2n) is 7.27. The zero-order valence-corrected chi connectivity index (χ0v) is 13.5. The van der Waals surface area contributed by atoms with E-state index in [1.54, 1.807) is 5.47 Å². The predicted octanol–water partition coefficient (Wildman–Crippen LogP) is 6.29. The summed E-state index contributed by atoms with van der Waals surface area (Å²) in [7, 11) is 0. The van der Waals surface area contributed by atoms with Gasteiger partial charge in [0.25, 0.3) is 0 Å². The molecular formula is C18H33B. The normalized spacial score (nSPS) is 23.9. The maximum Gasteiger partial charge on any atom is 0.176 e. The topological polar surface area (TPSA) is 0 Å². The van der Waals surface area contributed by atoms with E-state index in [1.165, 1.54) is 64.2 Å². The molecule has 19 heavy (non-hydrogen) atoms. The van der Waals surface area contributed by atoms with E-state index in [4.69, 9.17) is 0 Å². The standard InChI is InChI=1S/C18H33B/c1-4-18(15(2)3)19(16-11-7-5-8-12-16)17-13-9-6-10-14-17/h4,15-17H,5-14H2,1-3H3/b18-4+. The lowest BCUT2D eigenvalue weighted by Crippen LogP contribution is -2.34. The van der Waals surface area contributed by atoms with Gasteiger partial charge in [-0.1, -0.05) is 95.8 Å². The highest BCUT2D eigenvalue weighted by Gasteiger charge is 2.37. The van der Waals surface area contributed by atoms with E-state index in [2.05, 4.69) is 26.8 Å². The first-order valence-electron chi connectivity index (χ1n) is 8.90. The van der Waals surface area contributed by atoms with E-state index in [0.717, 1.165) is 24.3 Å². The first-order valence-corrected chi connectivity index (χ1v) is 8.90. The Morgan fingerprint density at radius 1 is 0.842 bits per heavy atom. The van der Waals surface area contributed by atoms with Gasteiger partial charge < -0.3 is 0 Å². The molecule has 0 saturated heterocycles. The highest BCUT2D eigenvalue weighted by atomic mass is 14.2. The van der Waals surface area contributed by atoms with Gasteiger partial charge in [0, 0.05) is 0 Å². The van der Waals surface area contributed by atoms with Crippen LogP contribution in [0.25, 0.3) is 0 Å². The number of rotatable bonds is 4. The molecule has 0 bridgehead atoms. The Labute approximate surface area is 121 Å². The van der Waals surface area contributed by atoms with Gasteiger partial charge >= 0.3 is 0 Å². The number of hydrogen-bond acceptors (Lipinski definition) is 0. The summed E-state index contributed by atoms with van der Waals surface area (Å²) >= 11 is 0. The molecule has 0 aliphatic heterocycles. The number of hydrogen-bond donors (Lipinski definition) is 0. The monoisotopic (exact) mass is 260 g/mol. The zero-order chi connectivity index (χ0) is 13.7. The summed E-state index contributed by atoms with van der Waals surface area (Å²) in [6.07, 6.45) is 17.4. The molecule has 2 fully saturated rings. The van der Waals surface area contributed by atoms with E-state index >= 15 is 0 Å². The third kappa shape index (κ3) is 3.89. The minimum Gasteiger partial charge on any atom is -0.102 e. The summed E-state index contributed by atoms with van der Waals surface area (Å²) < 4.78 is 0. The van der Waals surface area contributed by atoms with Crippen LogP contribution in [0.2, 0.25) is 11.6 Å². The Balaban J connectivity index is 2.15. The minimum atomic E-state index is 0.749. The maximum atomic E-state index is 2.47. The van der Waals surface area contributed by atoms with E-state index in [0.29, 0.717) is 0 Å². The van der Waals surface area contributed by atoms with Crippen LogP contribution in [0.15, 0.2) is 11.5 Å². The highest BCUT2D eigenvalue weighted by Crippen LogP contribution is 2.45. The van der Waals surface area contributed by atoms with Gasteiger partial charge in [-0.3, -0.25) is 0 Å². The summed E-state index contributed by atoms with van der Waals surface area (Å²) in [4.78, 5) is 0. The lowest BCUT2D eigenvalue weighted by atomic mass is 9.26. The third-order valence-corrected chi connectivity index (χ3v) is 5.70. The van der Waals surface area contributed by atoms with Crippen LogP contribution in [0.3, 0.4) is 0 Å². The molecule has 0 atom stereocenters. The fourth-order valence-electron chi connectivity index (χ4n) is 4.83. The minimum absolute atomic E-state index is 0.749. The molecular weight excluding hydrogens is 227 g/mol. The van der Waals surface area contributed by atoms with Gasteiger partial charge in [-0.25, -0.2) is 0 Å². The molecule has 2 aliphatic carbocycles. The van der Waals surface area contributed by atoms with Crippen molar-refractivity contribution in [3.8, 4) is 0 Å². The Kier molecular flexibility index (Phi) is 6.04. The lowest BCUT2D eigenvalue weighted by molar-refractivity contribution is 0.461. The second kappa shape index (κ2) is 7.55. The van der Waals surface area contributed by atoms with E-state index in [1.807, 2.05) is 0 Å². The van der Waals surface area contributed by atoms with Crippen molar-refractivity contribution in [2.24, 2.45) is 5.92 Å². The molecule has 0 N–H and O–H groups in total. The van der Waals surface area contributed by atoms with Crippen LogP contribution in [-0.2, 0) is 0 Å². The van der Waals surface area contributed by atoms with Crippen molar-refractivity contribution in [1.82, 2.24) is 0 Å². The van der Waals surface area contributed by atoms with Crippen molar-refractivity contribution >= 4 is 6.71 Å². The fraction of sp³-hybridized carbons (Fsp3) is 0.889.